The summed E-state index contributed by atoms with van der Waals surface area (Å²) in [7, 11) is -2.20. The Kier molecular flexibility index (Phi) is 5.55. The molecule has 0 saturated carbocycles. The molecule has 0 atom stereocenters. The van der Waals surface area contributed by atoms with Crippen LogP contribution in [-0.2, 0) is 16.6 Å². The van der Waals surface area contributed by atoms with Gasteiger partial charge in [-0.1, -0.05) is 12.1 Å². The van der Waals surface area contributed by atoms with Gasteiger partial charge in [0.05, 0.1) is 38.2 Å². The summed E-state index contributed by atoms with van der Waals surface area (Å²) in [6.45, 7) is 2.72. The van der Waals surface area contributed by atoms with Gasteiger partial charge in [0.25, 0.3) is 0 Å². The predicted octanol–water partition coefficient (Wildman–Crippen LogP) is 1.06. The highest BCUT2D eigenvalue weighted by molar-refractivity contribution is 7.89. The first-order valence-corrected chi connectivity index (χ1v) is 9.76. The summed E-state index contributed by atoms with van der Waals surface area (Å²) in [5, 5.41) is 0. The summed E-state index contributed by atoms with van der Waals surface area (Å²) < 4.78 is 58.2. The molecule has 1 fully saturated rings. The molecule has 26 heavy (non-hydrogen) atoms. The number of halogens is 2. The van der Waals surface area contributed by atoms with Gasteiger partial charge in [-0.2, -0.15) is 4.31 Å². The van der Waals surface area contributed by atoms with Crippen LogP contribution in [0.15, 0.2) is 47.4 Å². The van der Waals surface area contributed by atoms with Crippen molar-refractivity contribution >= 4 is 10.0 Å². The van der Waals surface area contributed by atoms with Crippen LogP contribution in [0.3, 0.4) is 0 Å². The van der Waals surface area contributed by atoms with Gasteiger partial charge in [0.1, 0.15) is 12.3 Å². The molecule has 0 radical (unpaired) electrons. The van der Waals surface area contributed by atoms with Crippen molar-refractivity contribution in [3.8, 4) is 5.75 Å². The molecule has 8 heteroatoms. The van der Waals surface area contributed by atoms with Crippen LogP contribution >= 0.6 is 0 Å². The van der Waals surface area contributed by atoms with E-state index in [9.17, 15) is 17.2 Å². The minimum absolute atomic E-state index is 0.215. The van der Waals surface area contributed by atoms with Crippen LogP contribution in [0.5, 0.6) is 5.75 Å². The average Bonchev–Trinajstić information content (AvgIpc) is 2.64. The highest BCUT2D eigenvalue weighted by Gasteiger charge is 2.31. The number of benzene rings is 2. The van der Waals surface area contributed by atoms with Crippen LogP contribution in [-0.4, -0.2) is 46.0 Å². The van der Waals surface area contributed by atoms with E-state index in [0.29, 0.717) is 26.2 Å². The topological polar surface area (TPSA) is 51.1 Å². The zero-order valence-electron chi connectivity index (χ0n) is 14.4. The van der Waals surface area contributed by atoms with Crippen molar-refractivity contribution in [1.82, 2.24) is 4.31 Å². The Balaban J connectivity index is 1.64. The fourth-order valence-electron chi connectivity index (χ4n) is 3.08. The van der Waals surface area contributed by atoms with Crippen molar-refractivity contribution in [3.05, 3.63) is 59.7 Å². The molecule has 0 aromatic heterocycles. The lowest BCUT2D eigenvalue weighted by molar-refractivity contribution is -0.917. The molecule has 0 unspecified atom stereocenters. The number of piperazine rings is 1. The SMILES string of the molecule is COc1cccc(C[NH+]2CCN(S(=O)(=O)c3ccc(F)c(F)c3)CC2)c1. The zero-order valence-corrected chi connectivity index (χ0v) is 15.2. The minimum atomic E-state index is -3.81. The van der Waals surface area contributed by atoms with Gasteiger partial charge in [-0.3, -0.25) is 0 Å². The van der Waals surface area contributed by atoms with Crippen molar-refractivity contribution in [2.24, 2.45) is 0 Å². The monoisotopic (exact) mass is 383 g/mol. The second-order valence-electron chi connectivity index (χ2n) is 6.26. The van der Waals surface area contributed by atoms with Crippen molar-refractivity contribution in [1.29, 1.82) is 0 Å². The molecule has 1 N–H and O–H groups in total. The maximum atomic E-state index is 13.4. The Hall–Kier alpha value is -2.03. The third kappa shape index (κ3) is 4.03. The highest BCUT2D eigenvalue weighted by atomic mass is 32.2. The van der Waals surface area contributed by atoms with Gasteiger partial charge in [-0.05, 0) is 30.3 Å². The fraction of sp³-hybridized carbons (Fsp3) is 0.333. The summed E-state index contributed by atoms with van der Waals surface area (Å²) in [6.07, 6.45) is 0. The first kappa shape index (κ1) is 18.8. The number of hydrogen-bond acceptors (Lipinski definition) is 3. The van der Waals surface area contributed by atoms with Crippen molar-refractivity contribution in [2.45, 2.75) is 11.4 Å². The first-order chi connectivity index (χ1) is 12.4. The molecule has 0 amide bonds. The molecule has 2 aromatic rings. The number of quaternary nitrogens is 1. The lowest BCUT2D eigenvalue weighted by Crippen LogP contribution is -3.13. The van der Waals surface area contributed by atoms with Crippen LogP contribution in [0.2, 0.25) is 0 Å². The Morgan fingerprint density at radius 2 is 1.81 bits per heavy atom. The van der Waals surface area contributed by atoms with E-state index >= 15 is 0 Å². The van der Waals surface area contributed by atoms with E-state index in [2.05, 4.69) is 0 Å². The third-order valence-corrected chi connectivity index (χ3v) is 6.44. The molecular formula is C18H21F2N2O3S+. The van der Waals surface area contributed by atoms with Crippen LogP contribution in [0.25, 0.3) is 0 Å². The molecule has 1 saturated heterocycles. The Bertz CT molecular complexity index is 882. The number of sulfonamides is 1. The average molecular weight is 383 g/mol. The van der Waals surface area contributed by atoms with Gasteiger partial charge < -0.3 is 9.64 Å². The molecule has 2 aromatic carbocycles. The summed E-state index contributed by atoms with van der Waals surface area (Å²) in [4.78, 5) is 1.04. The van der Waals surface area contributed by atoms with E-state index in [1.54, 1.807) is 7.11 Å². The molecule has 1 aliphatic heterocycles. The summed E-state index contributed by atoms with van der Waals surface area (Å²) in [5.41, 5.74) is 1.12. The molecule has 5 nitrogen and oxygen atoms in total. The number of nitrogens with one attached hydrogen (secondary N) is 1. The van der Waals surface area contributed by atoms with E-state index < -0.39 is 21.7 Å². The van der Waals surface area contributed by atoms with Crippen molar-refractivity contribution in [3.63, 3.8) is 0 Å². The minimum Gasteiger partial charge on any atom is -0.497 e. The van der Waals surface area contributed by atoms with E-state index in [0.717, 1.165) is 36.1 Å². The van der Waals surface area contributed by atoms with Crippen LogP contribution < -0.4 is 9.64 Å². The van der Waals surface area contributed by atoms with Gasteiger partial charge >= 0.3 is 0 Å². The smallest absolute Gasteiger partial charge is 0.243 e. The number of ether oxygens (including phenoxy) is 1. The number of methoxy groups -OCH3 is 1. The molecule has 1 aliphatic rings. The quantitative estimate of drug-likeness (QED) is 0.840. The predicted molar refractivity (Wildman–Crippen MR) is 92.5 cm³/mol. The van der Waals surface area contributed by atoms with Gasteiger partial charge in [-0.25, -0.2) is 17.2 Å². The Morgan fingerprint density at radius 1 is 1.08 bits per heavy atom. The van der Waals surface area contributed by atoms with Crippen LogP contribution in [0.4, 0.5) is 8.78 Å². The summed E-state index contributed by atoms with van der Waals surface area (Å²) in [6, 6.07) is 10.5. The second kappa shape index (κ2) is 7.69. The summed E-state index contributed by atoms with van der Waals surface area (Å²) >= 11 is 0. The molecule has 0 bridgehead atoms. The summed E-state index contributed by atoms with van der Waals surface area (Å²) in [5.74, 6) is -1.42. The maximum Gasteiger partial charge on any atom is 0.243 e. The molecule has 3 rings (SSSR count). The van der Waals surface area contributed by atoms with Crippen molar-refractivity contribution < 1.29 is 26.8 Å². The van der Waals surface area contributed by atoms with E-state index in [-0.39, 0.29) is 4.90 Å². The highest BCUT2D eigenvalue weighted by Crippen LogP contribution is 2.18. The Labute approximate surface area is 151 Å². The van der Waals surface area contributed by atoms with Gasteiger partial charge in [0, 0.05) is 5.56 Å². The standard InChI is InChI=1S/C18H20F2N2O3S/c1-25-15-4-2-3-14(11-15)13-21-7-9-22(10-8-21)26(23,24)16-5-6-17(19)18(20)12-16/h2-6,11-12H,7-10,13H2,1H3/p+1. The number of nitrogens with zero attached hydrogens (tertiary/aromatic N) is 1. The normalized spacial score (nSPS) is 16.6. The van der Waals surface area contributed by atoms with E-state index in [4.69, 9.17) is 4.74 Å². The second-order valence-corrected chi connectivity index (χ2v) is 8.20. The van der Waals surface area contributed by atoms with Crippen LogP contribution in [0.1, 0.15) is 5.56 Å². The largest absolute Gasteiger partial charge is 0.497 e. The Morgan fingerprint density at radius 3 is 2.46 bits per heavy atom. The maximum absolute atomic E-state index is 13.4. The number of hydrogen-bond donors (Lipinski definition) is 1. The van der Waals surface area contributed by atoms with Crippen molar-refractivity contribution in [2.75, 3.05) is 33.3 Å². The third-order valence-electron chi connectivity index (χ3n) is 4.55. The number of rotatable bonds is 5. The molecule has 0 aliphatic carbocycles. The molecular weight excluding hydrogens is 362 g/mol. The van der Waals surface area contributed by atoms with Gasteiger partial charge in [0.15, 0.2) is 11.6 Å². The fourth-order valence-corrected chi connectivity index (χ4v) is 4.53. The molecule has 0 spiro atoms. The van der Waals surface area contributed by atoms with Crippen LogP contribution in [0, 0.1) is 11.6 Å². The molecule has 140 valence electrons. The van der Waals surface area contributed by atoms with Gasteiger partial charge in [-0.15, -0.1) is 0 Å². The van der Waals surface area contributed by atoms with Gasteiger partial charge in [0.2, 0.25) is 10.0 Å². The molecule has 1 heterocycles. The van der Waals surface area contributed by atoms with E-state index in [1.165, 1.54) is 9.21 Å². The first-order valence-electron chi connectivity index (χ1n) is 8.32. The zero-order chi connectivity index (χ0) is 18.7. The lowest BCUT2D eigenvalue weighted by atomic mass is 10.2. The van der Waals surface area contributed by atoms with E-state index in [1.807, 2.05) is 24.3 Å². The lowest BCUT2D eigenvalue weighted by Gasteiger charge is -2.31.